The van der Waals surface area contributed by atoms with E-state index in [1.54, 1.807) is 0 Å². The van der Waals surface area contributed by atoms with E-state index in [4.69, 9.17) is 22.4 Å². The molecule has 0 aliphatic rings. The minimum atomic E-state index is -0.839. The van der Waals surface area contributed by atoms with Crippen LogP contribution in [0.5, 0.6) is 0 Å². The number of halogens is 1. The van der Waals surface area contributed by atoms with Crippen LogP contribution in [0.1, 0.15) is 30.0 Å². The first-order valence-electron chi connectivity index (χ1n) is 4.74. The zero-order valence-corrected chi connectivity index (χ0v) is 9.29. The molecule has 3 N–H and O–H groups in total. The van der Waals surface area contributed by atoms with Gasteiger partial charge in [0.2, 0.25) is 0 Å². The number of aliphatic carboxylic acids is 1. The lowest BCUT2D eigenvalue weighted by Crippen LogP contribution is -2.12. The second-order valence-electron chi connectivity index (χ2n) is 3.56. The standard InChI is InChI=1S/C11H14ClNO2/c1-7-2-3-8(9(12)6-7)10(13)4-5-11(14)15/h2-3,6,10H,4-5,13H2,1H3,(H,14,15). The van der Waals surface area contributed by atoms with Gasteiger partial charge in [-0.3, -0.25) is 4.79 Å². The van der Waals surface area contributed by atoms with Gasteiger partial charge in [0.25, 0.3) is 0 Å². The fourth-order valence-electron chi connectivity index (χ4n) is 1.37. The highest BCUT2D eigenvalue weighted by Crippen LogP contribution is 2.25. The van der Waals surface area contributed by atoms with Crippen LogP contribution in [0.25, 0.3) is 0 Å². The van der Waals surface area contributed by atoms with E-state index in [1.165, 1.54) is 0 Å². The van der Waals surface area contributed by atoms with Crippen LogP contribution in [-0.4, -0.2) is 11.1 Å². The zero-order valence-electron chi connectivity index (χ0n) is 8.53. The van der Waals surface area contributed by atoms with Crippen molar-refractivity contribution in [2.75, 3.05) is 0 Å². The van der Waals surface area contributed by atoms with Gasteiger partial charge in [-0.1, -0.05) is 23.7 Å². The Kier molecular flexibility index (Phi) is 4.12. The fourth-order valence-corrected chi connectivity index (χ4v) is 1.74. The normalized spacial score (nSPS) is 12.5. The molecule has 0 amide bonds. The summed E-state index contributed by atoms with van der Waals surface area (Å²) in [6.45, 7) is 1.94. The van der Waals surface area contributed by atoms with E-state index in [9.17, 15) is 4.79 Å². The van der Waals surface area contributed by atoms with Gasteiger partial charge in [0, 0.05) is 17.5 Å². The SMILES string of the molecule is Cc1ccc(C(N)CCC(=O)O)c(Cl)c1. The molecule has 0 heterocycles. The van der Waals surface area contributed by atoms with E-state index in [0.717, 1.165) is 11.1 Å². The zero-order chi connectivity index (χ0) is 11.4. The number of nitrogens with two attached hydrogens (primary N) is 1. The van der Waals surface area contributed by atoms with Gasteiger partial charge >= 0.3 is 5.97 Å². The number of aryl methyl sites for hydroxylation is 1. The number of benzene rings is 1. The molecule has 0 radical (unpaired) electrons. The Morgan fingerprint density at radius 3 is 2.80 bits per heavy atom. The van der Waals surface area contributed by atoms with E-state index in [1.807, 2.05) is 25.1 Å². The van der Waals surface area contributed by atoms with Crippen molar-refractivity contribution in [3.05, 3.63) is 34.3 Å². The summed E-state index contributed by atoms with van der Waals surface area (Å²) >= 11 is 6.01. The second-order valence-corrected chi connectivity index (χ2v) is 3.97. The predicted octanol–water partition coefficient (Wildman–Crippen LogP) is 2.51. The lowest BCUT2D eigenvalue weighted by Gasteiger charge is -2.12. The van der Waals surface area contributed by atoms with Crippen molar-refractivity contribution in [3.8, 4) is 0 Å². The van der Waals surface area contributed by atoms with Crippen LogP contribution in [0, 0.1) is 6.92 Å². The van der Waals surface area contributed by atoms with Crippen molar-refractivity contribution >= 4 is 17.6 Å². The molecule has 0 saturated heterocycles. The van der Waals surface area contributed by atoms with Crippen molar-refractivity contribution in [1.82, 2.24) is 0 Å². The Labute approximate surface area is 93.9 Å². The Balaban J connectivity index is 2.73. The monoisotopic (exact) mass is 227 g/mol. The number of carboxylic acid groups (broad SMARTS) is 1. The average Bonchev–Trinajstić information content (AvgIpc) is 2.14. The van der Waals surface area contributed by atoms with Gasteiger partial charge in [0.1, 0.15) is 0 Å². The molecule has 82 valence electrons. The van der Waals surface area contributed by atoms with Crippen molar-refractivity contribution in [2.24, 2.45) is 5.73 Å². The molecule has 0 saturated carbocycles. The highest BCUT2D eigenvalue weighted by Gasteiger charge is 2.11. The number of carbonyl (C=O) groups is 1. The summed E-state index contributed by atoms with van der Waals surface area (Å²) in [6.07, 6.45) is 0.462. The van der Waals surface area contributed by atoms with E-state index < -0.39 is 5.97 Å². The minimum absolute atomic E-state index is 0.0609. The number of hydrogen-bond acceptors (Lipinski definition) is 2. The van der Waals surface area contributed by atoms with E-state index in [2.05, 4.69) is 0 Å². The largest absolute Gasteiger partial charge is 0.481 e. The molecular formula is C11H14ClNO2. The Bertz CT molecular complexity index is 366. The van der Waals surface area contributed by atoms with Crippen LogP contribution in [0.15, 0.2) is 18.2 Å². The van der Waals surface area contributed by atoms with Crippen molar-refractivity contribution in [1.29, 1.82) is 0 Å². The average molecular weight is 228 g/mol. The summed E-state index contributed by atoms with van der Waals surface area (Å²) in [5.74, 6) is -0.839. The van der Waals surface area contributed by atoms with E-state index in [0.29, 0.717) is 11.4 Å². The number of carboxylic acids is 1. The van der Waals surface area contributed by atoms with E-state index >= 15 is 0 Å². The molecule has 4 heteroatoms. The molecule has 0 spiro atoms. The first-order chi connectivity index (χ1) is 7.00. The summed E-state index contributed by atoms with van der Waals surface area (Å²) in [7, 11) is 0. The molecule has 1 atom stereocenters. The van der Waals surface area contributed by atoms with Crippen LogP contribution >= 0.6 is 11.6 Å². The highest BCUT2D eigenvalue weighted by atomic mass is 35.5. The molecule has 1 unspecified atom stereocenters. The molecule has 0 bridgehead atoms. The van der Waals surface area contributed by atoms with Crippen molar-refractivity contribution in [2.45, 2.75) is 25.8 Å². The lowest BCUT2D eigenvalue weighted by atomic mass is 10.0. The molecule has 3 nitrogen and oxygen atoms in total. The summed E-state index contributed by atoms with van der Waals surface area (Å²) < 4.78 is 0. The second kappa shape index (κ2) is 5.14. The molecular weight excluding hydrogens is 214 g/mol. The van der Waals surface area contributed by atoms with E-state index in [-0.39, 0.29) is 12.5 Å². The summed E-state index contributed by atoms with van der Waals surface area (Å²) in [5.41, 5.74) is 7.72. The topological polar surface area (TPSA) is 63.3 Å². The van der Waals surface area contributed by atoms with Crippen LogP contribution in [-0.2, 0) is 4.79 Å². The third-order valence-corrected chi connectivity index (χ3v) is 2.55. The smallest absolute Gasteiger partial charge is 0.303 e. The maximum absolute atomic E-state index is 10.4. The van der Waals surface area contributed by atoms with Gasteiger partial charge < -0.3 is 10.8 Å². The maximum Gasteiger partial charge on any atom is 0.303 e. The Morgan fingerprint density at radius 2 is 2.27 bits per heavy atom. The van der Waals surface area contributed by atoms with Gasteiger partial charge in [0.05, 0.1) is 0 Å². The van der Waals surface area contributed by atoms with Gasteiger partial charge in [-0.2, -0.15) is 0 Å². The maximum atomic E-state index is 10.4. The third kappa shape index (κ3) is 3.53. The van der Waals surface area contributed by atoms with Crippen LogP contribution < -0.4 is 5.73 Å². The molecule has 1 aromatic rings. The Morgan fingerprint density at radius 1 is 1.60 bits per heavy atom. The first kappa shape index (κ1) is 12.0. The van der Waals surface area contributed by atoms with Crippen LogP contribution in [0.3, 0.4) is 0 Å². The molecule has 1 aromatic carbocycles. The van der Waals surface area contributed by atoms with Gasteiger partial charge in [-0.05, 0) is 30.5 Å². The molecule has 1 rings (SSSR count). The summed E-state index contributed by atoms with van der Waals surface area (Å²) in [5, 5.41) is 9.14. The number of hydrogen-bond donors (Lipinski definition) is 2. The number of rotatable bonds is 4. The first-order valence-corrected chi connectivity index (χ1v) is 5.12. The fraction of sp³-hybridized carbons (Fsp3) is 0.364. The van der Waals surface area contributed by atoms with Crippen molar-refractivity contribution < 1.29 is 9.90 Å². The lowest BCUT2D eigenvalue weighted by molar-refractivity contribution is -0.137. The van der Waals surface area contributed by atoms with Gasteiger partial charge in [0.15, 0.2) is 0 Å². The third-order valence-electron chi connectivity index (χ3n) is 2.22. The van der Waals surface area contributed by atoms with Crippen LogP contribution in [0.2, 0.25) is 5.02 Å². The van der Waals surface area contributed by atoms with Crippen LogP contribution in [0.4, 0.5) is 0 Å². The quantitative estimate of drug-likeness (QED) is 0.831. The minimum Gasteiger partial charge on any atom is -0.481 e. The molecule has 0 fully saturated rings. The molecule has 0 aromatic heterocycles. The molecule has 15 heavy (non-hydrogen) atoms. The van der Waals surface area contributed by atoms with Gasteiger partial charge in [-0.15, -0.1) is 0 Å². The summed E-state index contributed by atoms with van der Waals surface area (Å²) in [4.78, 5) is 10.4. The Hall–Kier alpha value is -1.06. The highest BCUT2D eigenvalue weighted by molar-refractivity contribution is 6.31. The van der Waals surface area contributed by atoms with Gasteiger partial charge in [-0.25, -0.2) is 0 Å². The van der Waals surface area contributed by atoms with Crippen molar-refractivity contribution in [3.63, 3.8) is 0 Å². The molecule has 0 aliphatic carbocycles. The molecule has 0 aliphatic heterocycles. The summed E-state index contributed by atoms with van der Waals surface area (Å²) in [6, 6.07) is 5.29. The predicted molar refractivity (Wildman–Crippen MR) is 60.0 cm³/mol.